The smallest absolute Gasteiger partial charge is 0.333 e. The van der Waals surface area contributed by atoms with E-state index in [1.807, 2.05) is 31.2 Å². The maximum atomic E-state index is 12.5. The molecule has 0 spiro atoms. The van der Waals surface area contributed by atoms with E-state index in [1.165, 1.54) is 0 Å². The number of benzene rings is 3. The third-order valence-electron chi connectivity index (χ3n) is 7.91. The van der Waals surface area contributed by atoms with Crippen LogP contribution >= 0.6 is 0 Å². The van der Waals surface area contributed by atoms with E-state index >= 15 is 0 Å². The number of hydrogen-bond acceptors (Lipinski definition) is 6. The van der Waals surface area contributed by atoms with E-state index in [2.05, 4.69) is 45.2 Å². The van der Waals surface area contributed by atoms with E-state index in [0.29, 0.717) is 11.1 Å². The monoisotopic (exact) mass is 616 g/mol. The summed E-state index contributed by atoms with van der Waals surface area (Å²) in [5, 5.41) is 3.63. The van der Waals surface area contributed by atoms with E-state index in [1.54, 1.807) is 13.8 Å². The first-order chi connectivity index (χ1) is 21.7. The van der Waals surface area contributed by atoms with E-state index in [9.17, 15) is 9.59 Å². The Labute approximate surface area is 269 Å². The fourth-order valence-electron chi connectivity index (χ4n) is 5.33. The lowest BCUT2D eigenvalue weighted by Crippen LogP contribution is -2.26. The van der Waals surface area contributed by atoms with Crippen LogP contribution in [0.2, 0.25) is 0 Å². The molecule has 0 N–H and O–H groups in total. The van der Waals surface area contributed by atoms with Gasteiger partial charge in [-0.2, -0.15) is 0 Å². The van der Waals surface area contributed by atoms with Crippen molar-refractivity contribution in [1.82, 2.24) is 0 Å². The number of fused-ring (bicyclic) bond motifs is 2. The second-order valence-electron chi connectivity index (χ2n) is 12.2. The molecule has 0 radical (unpaired) electrons. The summed E-state index contributed by atoms with van der Waals surface area (Å²) in [5.41, 5.74) is 1.83. The highest BCUT2D eigenvalue weighted by atomic mass is 16.6. The number of carbonyl (C=O) groups is 2. The number of aryl methyl sites for hydroxylation is 1. The first-order valence-electron chi connectivity index (χ1n) is 16.6. The third-order valence-corrected chi connectivity index (χ3v) is 7.91. The molecule has 3 aromatic carbocycles. The van der Waals surface area contributed by atoms with Crippen LogP contribution in [0.1, 0.15) is 97.5 Å². The zero-order valence-electron chi connectivity index (χ0n) is 28.0. The summed E-state index contributed by atoms with van der Waals surface area (Å²) in [6.45, 7) is 17.7. The molecule has 45 heavy (non-hydrogen) atoms. The predicted octanol–water partition coefficient (Wildman–Crippen LogP) is 9.98. The molecule has 3 rings (SSSR count). The molecule has 0 heterocycles. The van der Waals surface area contributed by atoms with Gasteiger partial charge in [0.1, 0.15) is 36.9 Å². The van der Waals surface area contributed by atoms with Crippen molar-refractivity contribution in [2.24, 2.45) is 0 Å². The van der Waals surface area contributed by atoms with Gasteiger partial charge in [0.15, 0.2) is 0 Å². The topological polar surface area (TPSA) is 71.1 Å². The quantitative estimate of drug-likeness (QED) is 0.0544. The van der Waals surface area contributed by atoms with Gasteiger partial charge in [0, 0.05) is 32.7 Å². The summed E-state index contributed by atoms with van der Waals surface area (Å²) in [7, 11) is 0. The minimum absolute atomic E-state index is 0.231. The predicted molar refractivity (Wildman–Crippen MR) is 184 cm³/mol. The molecule has 0 aliphatic rings. The Bertz CT molecular complexity index is 1450. The largest absolute Gasteiger partial charge is 0.488 e. The lowest BCUT2D eigenvalue weighted by molar-refractivity contribution is -0.147. The summed E-state index contributed by atoms with van der Waals surface area (Å²) >= 11 is 0. The van der Waals surface area contributed by atoms with Crippen LogP contribution in [-0.4, -0.2) is 37.4 Å². The molecule has 0 saturated carbocycles. The third kappa shape index (κ3) is 10.7. The molecule has 244 valence electrons. The molecule has 2 unspecified atom stereocenters. The van der Waals surface area contributed by atoms with Gasteiger partial charge in [-0.15, -0.1) is 0 Å². The summed E-state index contributed by atoms with van der Waals surface area (Å²) in [6, 6.07) is 14.2. The van der Waals surface area contributed by atoms with Crippen molar-refractivity contribution in [1.29, 1.82) is 0 Å². The van der Waals surface area contributed by atoms with Gasteiger partial charge in [-0.1, -0.05) is 107 Å². The minimum Gasteiger partial charge on any atom is -0.488 e. The van der Waals surface area contributed by atoms with Gasteiger partial charge in [-0.3, -0.25) is 0 Å². The summed E-state index contributed by atoms with van der Waals surface area (Å²) < 4.78 is 24.8. The molecule has 6 nitrogen and oxygen atoms in total. The van der Waals surface area contributed by atoms with E-state index in [-0.39, 0.29) is 13.2 Å². The summed E-state index contributed by atoms with van der Waals surface area (Å²) in [6.07, 6.45) is 9.27. The number of ether oxygens (including phenoxy) is 4. The van der Waals surface area contributed by atoms with E-state index < -0.39 is 24.1 Å². The highest BCUT2D eigenvalue weighted by Gasteiger charge is 2.22. The Kier molecular flexibility index (Phi) is 14.5. The Morgan fingerprint density at radius 2 is 1.09 bits per heavy atom. The van der Waals surface area contributed by atoms with Crippen molar-refractivity contribution < 1.29 is 28.5 Å². The highest BCUT2D eigenvalue weighted by Crippen LogP contribution is 2.43. The van der Waals surface area contributed by atoms with Crippen LogP contribution in [-0.2, 0) is 19.1 Å². The molecular formula is C39H52O6. The number of hydrogen-bond donors (Lipinski definition) is 0. The van der Waals surface area contributed by atoms with Crippen molar-refractivity contribution in [3.63, 3.8) is 0 Å². The fraction of sp³-hybridized carbons (Fsp3) is 0.487. The van der Waals surface area contributed by atoms with Gasteiger partial charge in [0.2, 0.25) is 0 Å². The van der Waals surface area contributed by atoms with Crippen LogP contribution in [0.5, 0.6) is 11.5 Å². The Morgan fingerprint density at radius 3 is 1.53 bits per heavy atom. The maximum Gasteiger partial charge on any atom is 0.333 e. The molecule has 0 saturated heterocycles. The van der Waals surface area contributed by atoms with Crippen LogP contribution in [0.3, 0.4) is 0 Å². The van der Waals surface area contributed by atoms with Crippen molar-refractivity contribution in [3.05, 3.63) is 72.3 Å². The van der Waals surface area contributed by atoms with Crippen molar-refractivity contribution in [2.45, 2.75) is 111 Å². The SMILES string of the molecule is C=C(C)C(=O)OC(CCCCCC)COc1c2ccccc2c(OCC(CCCCCC)OC(=O)C(=C)C)c2cc(C)ccc12. The van der Waals surface area contributed by atoms with Gasteiger partial charge in [0.05, 0.1) is 0 Å². The number of carbonyl (C=O) groups excluding carboxylic acids is 2. The minimum atomic E-state index is -0.398. The lowest BCUT2D eigenvalue weighted by Gasteiger charge is -2.23. The number of unbranched alkanes of at least 4 members (excludes halogenated alkanes) is 6. The first-order valence-corrected chi connectivity index (χ1v) is 16.6. The molecule has 0 aromatic heterocycles. The molecular weight excluding hydrogens is 564 g/mol. The fourth-order valence-corrected chi connectivity index (χ4v) is 5.33. The van der Waals surface area contributed by atoms with Crippen LogP contribution in [0.25, 0.3) is 21.5 Å². The van der Waals surface area contributed by atoms with Gasteiger partial charge < -0.3 is 18.9 Å². The zero-order valence-corrected chi connectivity index (χ0v) is 28.0. The molecule has 0 fully saturated rings. The normalized spacial score (nSPS) is 12.5. The molecule has 6 heteroatoms. The maximum absolute atomic E-state index is 12.5. The van der Waals surface area contributed by atoms with E-state index in [4.69, 9.17) is 18.9 Å². The van der Waals surface area contributed by atoms with Crippen molar-refractivity contribution in [2.75, 3.05) is 13.2 Å². The second kappa shape index (κ2) is 18.2. The van der Waals surface area contributed by atoms with Gasteiger partial charge in [0.25, 0.3) is 0 Å². The van der Waals surface area contributed by atoms with Gasteiger partial charge in [-0.25, -0.2) is 9.59 Å². The van der Waals surface area contributed by atoms with E-state index in [0.717, 1.165) is 103 Å². The Balaban J connectivity index is 1.96. The zero-order chi connectivity index (χ0) is 32.8. The second-order valence-corrected chi connectivity index (χ2v) is 12.2. The van der Waals surface area contributed by atoms with Crippen molar-refractivity contribution >= 4 is 33.5 Å². The standard InChI is InChI=1S/C39H52O6/c1-8-10-12-14-18-30(44-38(40)27(3)4)25-42-36-32-20-16-17-21-33(32)37(35-24-29(7)22-23-34(35)36)43-26-31(19-15-13-11-9-2)45-39(41)28(5)6/h16-17,20-24,30-31H,3,5,8-15,18-19,25-26H2,1-2,4,6-7H3. The molecule has 2 atom stereocenters. The summed E-state index contributed by atoms with van der Waals surface area (Å²) in [4.78, 5) is 24.9. The van der Waals surface area contributed by atoms with Crippen LogP contribution < -0.4 is 9.47 Å². The number of rotatable bonds is 20. The Morgan fingerprint density at radius 1 is 0.644 bits per heavy atom. The molecule has 0 amide bonds. The first kappa shape index (κ1) is 35.7. The van der Waals surface area contributed by atoms with Crippen molar-refractivity contribution in [3.8, 4) is 11.5 Å². The van der Waals surface area contributed by atoms with Gasteiger partial charge in [-0.05, 0) is 52.5 Å². The summed E-state index contributed by atoms with van der Waals surface area (Å²) in [5.74, 6) is 0.656. The molecule has 0 bridgehead atoms. The highest BCUT2D eigenvalue weighted by molar-refractivity contribution is 6.11. The van der Waals surface area contributed by atoms with Gasteiger partial charge >= 0.3 is 11.9 Å². The molecule has 0 aliphatic heterocycles. The Hall–Kier alpha value is -3.80. The molecule has 0 aliphatic carbocycles. The van der Waals surface area contributed by atoms with Crippen LogP contribution in [0, 0.1) is 6.92 Å². The number of esters is 2. The average Bonchev–Trinajstić information content (AvgIpc) is 3.02. The van der Waals surface area contributed by atoms with Crippen LogP contribution in [0.15, 0.2) is 66.8 Å². The van der Waals surface area contributed by atoms with Crippen LogP contribution in [0.4, 0.5) is 0 Å². The molecule has 3 aromatic rings. The average molecular weight is 617 g/mol. The lowest BCUT2D eigenvalue weighted by atomic mass is 9.99.